The minimum atomic E-state index is 0.00953. The van der Waals surface area contributed by atoms with Gasteiger partial charge in [-0.2, -0.15) is 0 Å². The van der Waals surface area contributed by atoms with E-state index in [9.17, 15) is 4.79 Å². The highest BCUT2D eigenvalue weighted by Crippen LogP contribution is 2.29. The smallest absolute Gasteiger partial charge is 0.192 e. The topological polar surface area (TPSA) is 60.9 Å². The summed E-state index contributed by atoms with van der Waals surface area (Å²) in [6, 6.07) is 19.1. The molecule has 0 N–H and O–H groups in total. The molecule has 5 nitrogen and oxygen atoms in total. The largest absolute Gasteiger partial charge is 0.467 e. The van der Waals surface area contributed by atoms with E-state index in [-0.39, 0.29) is 17.0 Å². The number of aromatic nitrogens is 3. The van der Waals surface area contributed by atoms with Gasteiger partial charge in [0.05, 0.1) is 18.6 Å². The van der Waals surface area contributed by atoms with Crippen molar-refractivity contribution >= 4 is 29.1 Å². The molecule has 4 rings (SSSR count). The van der Waals surface area contributed by atoms with E-state index in [2.05, 4.69) is 55.2 Å². The van der Waals surface area contributed by atoms with Gasteiger partial charge in [-0.3, -0.25) is 9.36 Å². The van der Waals surface area contributed by atoms with Crippen LogP contribution in [0.3, 0.4) is 0 Å². The molecule has 164 valence electrons. The van der Waals surface area contributed by atoms with Crippen LogP contribution < -0.4 is 0 Å². The van der Waals surface area contributed by atoms with Gasteiger partial charge in [0, 0.05) is 16.1 Å². The highest BCUT2D eigenvalue weighted by Gasteiger charge is 2.19. The predicted octanol–water partition coefficient (Wildman–Crippen LogP) is 6.51. The van der Waals surface area contributed by atoms with Gasteiger partial charge in [-0.05, 0) is 47.4 Å². The van der Waals surface area contributed by atoms with E-state index < -0.39 is 0 Å². The molecule has 32 heavy (non-hydrogen) atoms. The number of hydrogen-bond acceptors (Lipinski definition) is 5. The first kappa shape index (κ1) is 22.4. The van der Waals surface area contributed by atoms with Gasteiger partial charge in [-0.25, -0.2) is 0 Å². The van der Waals surface area contributed by atoms with Crippen LogP contribution in [-0.4, -0.2) is 26.3 Å². The SMILES string of the molecule is CC(C)(C)c1ccc(-c2nnc(SCC(=O)c3ccc(Cl)cc3)n2Cc2ccco2)cc1. The minimum absolute atomic E-state index is 0.00953. The molecule has 2 aromatic heterocycles. The third kappa shape index (κ3) is 5.14. The fourth-order valence-electron chi connectivity index (χ4n) is 3.28. The maximum Gasteiger partial charge on any atom is 0.192 e. The van der Waals surface area contributed by atoms with Gasteiger partial charge in [-0.15, -0.1) is 10.2 Å². The van der Waals surface area contributed by atoms with Crippen molar-refractivity contribution in [1.82, 2.24) is 14.8 Å². The van der Waals surface area contributed by atoms with Gasteiger partial charge < -0.3 is 4.42 Å². The van der Waals surface area contributed by atoms with Gasteiger partial charge in [0.1, 0.15) is 5.76 Å². The predicted molar refractivity (Wildman–Crippen MR) is 128 cm³/mol. The van der Waals surface area contributed by atoms with E-state index >= 15 is 0 Å². The number of nitrogens with zero attached hydrogens (tertiary/aromatic N) is 3. The Hall–Kier alpha value is -2.83. The summed E-state index contributed by atoms with van der Waals surface area (Å²) in [5.74, 6) is 1.79. The number of thioether (sulfide) groups is 1. The van der Waals surface area contributed by atoms with E-state index in [1.807, 2.05) is 16.7 Å². The highest BCUT2D eigenvalue weighted by molar-refractivity contribution is 7.99. The third-order valence-electron chi connectivity index (χ3n) is 5.12. The number of benzene rings is 2. The Labute approximate surface area is 196 Å². The lowest BCUT2D eigenvalue weighted by atomic mass is 9.87. The molecule has 0 saturated heterocycles. The Morgan fingerprint density at radius 3 is 2.38 bits per heavy atom. The molecule has 0 aliphatic carbocycles. The fraction of sp³-hybridized carbons (Fsp3) is 0.240. The van der Waals surface area contributed by atoms with Gasteiger partial charge in [0.15, 0.2) is 16.8 Å². The minimum Gasteiger partial charge on any atom is -0.467 e. The number of halogens is 1. The molecule has 0 aliphatic heterocycles. The average molecular weight is 466 g/mol. The van der Waals surface area contributed by atoms with E-state index in [1.165, 1.54) is 17.3 Å². The van der Waals surface area contributed by atoms with Crippen LogP contribution in [0.4, 0.5) is 0 Å². The molecule has 0 spiro atoms. The summed E-state index contributed by atoms with van der Waals surface area (Å²) in [6.45, 7) is 7.05. The van der Waals surface area contributed by atoms with Crippen molar-refractivity contribution in [3.8, 4) is 11.4 Å². The van der Waals surface area contributed by atoms with E-state index in [0.29, 0.717) is 22.3 Å². The lowest BCUT2D eigenvalue weighted by molar-refractivity contribution is 0.102. The molecular weight excluding hydrogens is 442 g/mol. The lowest BCUT2D eigenvalue weighted by Gasteiger charge is -2.19. The second-order valence-corrected chi connectivity index (χ2v) is 9.90. The molecule has 4 aromatic rings. The standard InChI is InChI=1S/C25H24ClN3O2S/c1-25(2,3)19-10-6-18(7-11-19)23-27-28-24(29(23)15-21-5-4-14-31-21)32-16-22(30)17-8-12-20(26)13-9-17/h4-14H,15-16H2,1-3H3. The molecule has 2 heterocycles. The summed E-state index contributed by atoms with van der Waals surface area (Å²) in [5.41, 5.74) is 2.91. The Kier molecular flexibility index (Phi) is 6.53. The summed E-state index contributed by atoms with van der Waals surface area (Å²) >= 11 is 7.29. The summed E-state index contributed by atoms with van der Waals surface area (Å²) in [7, 11) is 0. The van der Waals surface area contributed by atoms with Gasteiger partial charge in [-0.1, -0.05) is 68.4 Å². The first-order valence-corrected chi connectivity index (χ1v) is 11.7. The molecule has 0 radical (unpaired) electrons. The number of hydrogen-bond donors (Lipinski definition) is 0. The second-order valence-electron chi connectivity index (χ2n) is 8.52. The van der Waals surface area contributed by atoms with Crippen LogP contribution in [0.5, 0.6) is 0 Å². The third-order valence-corrected chi connectivity index (χ3v) is 6.34. The molecule has 0 aliphatic rings. The number of carbonyl (C=O) groups excluding carboxylic acids is 1. The van der Waals surface area contributed by atoms with Crippen molar-refractivity contribution in [2.75, 3.05) is 5.75 Å². The molecule has 0 unspecified atom stereocenters. The Morgan fingerprint density at radius 2 is 1.75 bits per heavy atom. The van der Waals surface area contributed by atoms with Crippen LogP contribution in [0.1, 0.15) is 42.5 Å². The first-order chi connectivity index (χ1) is 15.3. The molecular formula is C25H24ClN3O2S. The molecule has 7 heteroatoms. The molecule has 2 aromatic carbocycles. The summed E-state index contributed by atoms with van der Waals surface area (Å²) in [6.07, 6.45) is 1.65. The maximum atomic E-state index is 12.6. The van der Waals surface area contributed by atoms with E-state index in [1.54, 1.807) is 30.5 Å². The monoisotopic (exact) mass is 465 g/mol. The average Bonchev–Trinajstić information content (AvgIpc) is 3.42. The van der Waals surface area contributed by atoms with Crippen molar-refractivity contribution in [3.05, 3.63) is 88.8 Å². The lowest BCUT2D eigenvalue weighted by Crippen LogP contribution is -2.10. The molecule has 0 atom stereocenters. The number of carbonyl (C=O) groups is 1. The fourth-order valence-corrected chi connectivity index (χ4v) is 4.24. The van der Waals surface area contributed by atoms with Crippen LogP contribution in [0.15, 0.2) is 76.5 Å². The van der Waals surface area contributed by atoms with Crippen LogP contribution in [0.2, 0.25) is 5.02 Å². The van der Waals surface area contributed by atoms with Crippen molar-refractivity contribution in [1.29, 1.82) is 0 Å². The quantitative estimate of drug-likeness (QED) is 0.230. The van der Waals surface area contributed by atoms with Gasteiger partial charge >= 0.3 is 0 Å². The van der Waals surface area contributed by atoms with Crippen molar-refractivity contribution in [2.45, 2.75) is 37.9 Å². The van der Waals surface area contributed by atoms with Crippen molar-refractivity contribution < 1.29 is 9.21 Å². The highest BCUT2D eigenvalue weighted by atomic mass is 35.5. The normalized spacial score (nSPS) is 11.6. The molecule has 0 saturated carbocycles. The van der Waals surface area contributed by atoms with Crippen molar-refractivity contribution in [2.24, 2.45) is 0 Å². The van der Waals surface area contributed by atoms with E-state index in [4.69, 9.17) is 16.0 Å². The summed E-state index contributed by atoms with van der Waals surface area (Å²) in [5, 5.41) is 10.1. The Bertz CT molecular complexity index is 1190. The van der Waals surface area contributed by atoms with E-state index in [0.717, 1.165) is 17.1 Å². The number of Topliss-reactive ketones (excluding diaryl/α,β-unsaturated/α-hetero) is 1. The molecule has 0 bridgehead atoms. The molecule has 0 amide bonds. The zero-order valence-corrected chi connectivity index (χ0v) is 19.8. The van der Waals surface area contributed by atoms with Crippen molar-refractivity contribution in [3.63, 3.8) is 0 Å². The Balaban J connectivity index is 1.60. The summed E-state index contributed by atoms with van der Waals surface area (Å²) in [4.78, 5) is 12.6. The Morgan fingerprint density at radius 1 is 1.03 bits per heavy atom. The second kappa shape index (κ2) is 9.35. The van der Waals surface area contributed by atoms with Crippen LogP contribution >= 0.6 is 23.4 Å². The van der Waals surface area contributed by atoms with Crippen LogP contribution in [-0.2, 0) is 12.0 Å². The van der Waals surface area contributed by atoms with Gasteiger partial charge in [0.2, 0.25) is 0 Å². The first-order valence-electron chi connectivity index (χ1n) is 10.3. The number of ketones is 1. The number of rotatable bonds is 7. The molecule has 0 fully saturated rings. The van der Waals surface area contributed by atoms with Gasteiger partial charge in [0.25, 0.3) is 0 Å². The zero-order valence-electron chi connectivity index (χ0n) is 18.2. The maximum absolute atomic E-state index is 12.6. The number of furan rings is 1. The zero-order chi connectivity index (χ0) is 22.7. The van der Waals surface area contributed by atoms with Crippen LogP contribution in [0.25, 0.3) is 11.4 Å². The van der Waals surface area contributed by atoms with Crippen LogP contribution in [0, 0.1) is 0 Å². The summed E-state index contributed by atoms with van der Waals surface area (Å²) < 4.78 is 7.55.